The predicted molar refractivity (Wildman–Crippen MR) is 183 cm³/mol. The van der Waals surface area contributed by atoms with E-state index in [1.807, 2.05) is 0 Å². The third-order valence-corrected chi connectivity index (χ3v) is 7.17. The molecule has 220 valence electrons. The van der Waals surface area contributed by atoms with Gasteiger partial charge in [-0.2, -0.15) is 11.1 Å². The van der Waals surface area contributed by atoms with Gasteiger partial charge < -0.3 is 0 Å². The number of rotatable bonds is 12. The summed E-state index contributed by atoms with van der Waals surface area (Å²) in [5.74, 6) is 0. The molecule has 0 aliphatic carbocycles. The fourth-order valence-electron chi connectivity index (χ4n) is 5.17. The Labute approximate surface area is 265 Å². The van der Waals surface area contributed by atoms with E-state index in [-0.39, 0.29) is 0 Å². The van der Waals surface area contributed by atoms with Crippen molar-refractivity contribution in [1.29, 1.82) is 0 Å². The predicted octanol–water partition coefficient (Wildman–Crippen LogP) is 12.7. The quantitative estimate of drug-likeness (QED) is 0.108. The molecule has 0 fully saturated rings. The van der Waals surface area contributed by atoms with Crippen molar-refractivity contribution in [2.45, 2.75) is 118 Å². The molecule has 0 amide bonds. The molecule has 0 aromatic heterocycles. The molecule has 4 rings (SSSR count). The van der Waals surface area contributed by atoms with Gasteiger partial charge in [-0.25, -0.2) is 0 Å². The van der Waals surface area contributed by atoms with Crippen LogP contribution in [0.2, 0.25) is 13.1 Å². The van der Waals surface area contributed by atoms with E-state index in [0.717, 1.165) is 9.52 Å². The van der Waals surface area contributed by atoms with E-state index >= 15 is 0 Å². The normalized spacial score (nSPS) is 10.3. The maximum atomic E-state index is 4.89. The molecular weight excluding hydrogens is 579 g/mol. The van der Waals surface area contributed by atoms with Gasteiger partial charge in [0.05, 0.1) is 0 Å². The summed E-state index contributed by atoms with van der Waals surface area (Å²) in [5, 5.41) is 5.86. The summed E-state index contributed by atoms with van der Waals surface area (Å²) in [6, 6.07) is 22.5. The molecule has 0 nitrogen and oxygen atoms in total. The monoisotopic (exact) mass is 630 g/mol. The second kappa shape index (κ2) is 23.7. The van der Waals surface area contributed by atoms with Crippen LogP contribution in [-0.2, 0) is 42.7 Å². The summed E-state index contributed by atoms with van der Waals surface area (Å²) >= 11 is -0.556. The fraction of sp³-hybridized carbons (Fsp3) is 0.500. The molecule has 4 aromatic rings. The van der Waals surface area contributed by atoms with Crippen molar-refractivity contribution >= 4 is 49.7 Å². The molecular formula is C36H52Cl2SiTi-2. The molecule has 2 radical (unpaired) electrons. The Balaban J connectivity index is 0.000000335. The van der Waals surface area contributed by atoms with Crippen molar-refractivity contribution in [1.82, 2.24) is 0 Å². The summed E-state index contributed by atoms with van der Waals surface area (Å²) in [4.78, 5) is 0. The first-order valence-corrected chi connectivity index (χ1v) is 21.7. The Kier molecular flexibility index (Phi) is 22.0. The van der Waals surface area contributed by atoms with Crippen molar-refractivity contribution in [3.8, 4) is 0 Å². The van der Waals surface area contributed by atoms with Gasteiger partial charge in [0.2, 0.25) is 0 Å². The summed E-state index contributed by atoms with van der Waals surface area (Å²) in [7, 11) is 10.9. The van der Waals surface area contributed by atoms with Crippen LogP contribution in [0.1, 0.15) is 101 Å². The van der Waals surface area contributed by atoms with Gasteiger partial charge in [0, 0.05) is 9.52 Å². The Morgan fingerprint density at radius 2 is 0.875 bits per heavy atom. The second-order valence-electron chi connectivity index (χ2n) is 10.5. The summed E-state index contributed by atoms with van der Waals surface area (Å²) in [6.07, 6.45) is 15.4. The minimum atomic E-state index is -0.556. The third kappa shape index (κ3) is 13.0. The van der Waals surface area contributed by atoms with Crippen LogP contribution in [0.3, 0.4) is 0 Å². The van der Waals surface area contributed by atoms with E-state index in [4.69, 9.17) is 18.6 Å². The van der Waals surface area contributed by atoms with Crippen molar-refractivity contribution in [2.75, 3.05) is 0 Å². The molecule has 0 N–H and O–H groups in total. The first-order chi connectivity index (χ1) is 19.6. The molecule has 0 saturated carbocycles. The van der Waals surface area contributed by atoms with Crippen LogP contribution in [0.15, 0.2) is 60.7 Å². The van der Waals surface area contributed by atoms with Crippen LogP contribution in [0.4, 0.5) is 0 Å². The standard InChI is InChI=1S/2C17H23.C2H6Si.2ClH.Ti/c2*1-3-5-9-14-13-15-10-7-8-12-17(15)16(14)11-6-4-2;1-3-2;;;/h2*7-8,10,12-13H,3-6,9,11H2,1-2H3;1-2H3;2*1H;/q2*-1;;;;+2/p-2. The van der Waals surface area contributed by atoms with Crippen LogP contribution in [0, 0.1) is 0 Å². The van der Waals surface area contributed by atoms with Gasteiger partial charge in [0.25, 0.3) is 0 Å². The number of benzene rings is 2. The van der Waals surface area contributed by atoms with Crippen molar-refractivity contribution < 1.29 is 17.0 Å². The maximum absolute atomic E-state index is 4.89. The Morgan fingerprint density at radius 3 is 1.20 bits per heavy atom. The van der Waals surface area contributed by atoms with E-state index in [2.05, 4.69) is 101 Å². The Hall–Kier alpha value is -0.829. The molecule has 0 saturated heterocycles. The molecule has 0 atom stereocenters. The Bertz CT molecular complexity index is 1070. The molecule has 0 heterocycles. The zero-order chi connectivity index (χ0) is 29.6. The zero-order valence-corrected chi connectivity index (χ0v) is 30.1. The van der Waals surface area contributed by atoms with E-state index in [9.17, 15) is 0 Å². The second-order valence-corrected chi connectivity index (χ2v) is 14.0. The van der Waals surface area contributed by atoms with Gasteiger partial charge >= 0.3 is 35.6 Å². The number of unbranched alkanes of at least 4 members (excludes halogenated alkanes) is 4. The van der Waals surface area contributed by atoms with E-state index in [0.29, 0.717) is 0 Å². The molecule has 4 aromatic carbocycles. The number of fused-ring (bicyclic) bond motifs is 2. The van der Waals surface area contributed by atoms with Gasteiger partial charge in [-0.15, -0.1) is 81.2 Å². The van der Waals surface area contributed by atoms with Gasteiger partial charge in [0.15, 0.2) is 0 Å². The molecule has 0 aliphatic heterocycles. The first-order valence-electron chi connectivity index (χ1n) is 15.4. The van der Waals surface area contributed by atoms with Crippen LogP contribution in [-0.4, -0.2) is 9.52 Å². The molecule has 4 heteroatoms. The van der Waals surface area contributed by atoms with Crippen LogP contribution in [0.5, 0.6) is 0 Å². The summed E-state index contributed by atoms with van der Waals surface area (Å²) in [5.41, 5.74) is 6.44. The topological polar surface area (TPSA) is 0 Å². The Morgan fingerprint density at radius 1 is 0.575 bits per heavy atom. The van der Waals surface area contributed by atoms with Gasteiger partial charge in [-0.05, 0) is 12.8 Å². The molecule has 0 aliphatic rings. The molecule has 0 bridgehead atoms. The molecule has 40 heavy (non-hydrogen) atoms. The van der Waals surface area contributed by atoms with E-state index < -0.39 is 17.0 Å². The average molecular weight is 632 g/mol. The van der Waals surface area contributed by atoms with Crippen LogP contribution >= 0.6 is 18.6 Å². The summed E-state index contributed by atoms with van der Waals surface area (Å²) in [6.45, 7) is 13.4. The van der Waals surface area contributed by atoms with Gasteiger partial charge in [-0.3, -0.25) is 0 Å². The average Bonchev–Trinajstić information content (AvgIpc) is 3.51. The number of aryl methyl sites for hydroxylation is 4. The van der Waals surface area contributed by atoms with Crippen molar-refractivity contribution in [2.24, 2.45) is 0 Å². The van der Waals surface area contributed by atoms with Crippen LogP contribution in [0.25, 0.3) is 21.5 Å². The number of hydrogen-bond donors (Lipinski definition) is 0. The van der Waals surface area contributed by atoms with Crippen molar-refractivity contribution in [3.05, 3.63) is 82.9 Å². The third-order valence-electron chi connectivity index (χ3n) is 7.17. The zero-order valence-electron chi connectivity index (χ0n) is 26.0. The molecule has 0 unspecified atom stereocenters. The van der Waals surface area contributed by atoms with E-state index in [1.165, 1.54) is 98.6 Å². The van der Waals surface area contributed by atoms with Gasteiger partial charge in [0.1, 0.15) is 0 Å². The fourth-order valence-corrected chi connectivity index (χ4v) is 5.17. The van der Waals surface area contributed by atoms with Crippen molar-refractivity contribution in [3.63, 3.8) is 0 Å². The van der Waals surface area contributed by atoms with Gasteiger partial charge in [-0.1, -0.05) is 117 Å². The molecule has 0 spiro atoms. The SMILES string of the molecule is CCCCc1[cH-]c2ccccc2c1CCCC.CCCCc1[cH-]c2ccccc2c1CCCC.C[Si]C.[Cl][Ti][Cl]. The number of halogens is 2. The summed E-state index contributed by atoms with van der Waals surface area (Å²) < 4.78 is 0. The van der Waals surface area contributed by atoms with E-state index in [1.54, 1.807) is 22.3 Å². The first kappa shape index (κ1) is 37.2. The number of hydrogen-bond acceptors (Lipinski definition) is 0. The van der Waals surface area contributed by atoms with Crippen LogP contribution < -0.4 is 0 Å². The minimum absolute atomic E-state index is 0.556.